The predicted octanol–water partition coefficient (Wildman–Crippen LogP) is 1.32. The first-order valence-corrected chi connectivity index (χ1v) is 7.50. The van der Waals surface area contributed by atoms with E-state index in [-0.39, 0.29) is 12.1 Å². The Kier molecular flexibility index (Phi) is 3.90. The van der Waals surface area contributed by atoms with Crippen LogP contribution in [0.15, 0.2) is 47.5 Å². The molecule has 3 amide bonds. The molecule has 0 aliphatic carbocycles. The zero-order valence-corrected chi connectivity index (χ0v) is 12.7. The molecule has 7 nitrogen and oxygen atoms in total. The van der Waals surface area contributed by atoms with Crippen LogP contribution in [0.2, 0.25) is 0 Å². The molecule has 0 bridgehead atoms. The van der Waals surface area contributed by atoms with Gasteiger partial charge in [0.1, 0.15) is 11.4 Å². The number of rotatable bonds is 3. The molecular formula is C15H12N4O3S. The minimum absolute atomic E-state index is 0.318. The number of urea groups is 1. The summed E-state index contributed by atoms with van der Waals surface area (Å²) in [5.41, 5.74) is 5.52. The van der Waals surface area contributed by atoms with E-state index in [1.54, 1.807) is 6.07 Å². The van der Waals surface area contributed by atoms with Crippen molar-refractivity contribution in [1.82, 2.24) is 14.9 Å². The Bertz CT molecular complexity index is 946. The monoisotopic (exact) mass is 328 g/mol. The molecule has 0 unspecified atom stereocenters. The number of hydrogen-bond donors (Lipinski definition) is 2. The Morgan fingerprint density at radius 1 is 1.26 bits per heavy atom. The highest BCUT2D eigenvalue weighted by Gasteiger charge is 2.12. The Morgan fingerprint density at radius 2 is 2.00 bits per heavy atom. The Hall–Kier alpha value is -3.00. The zero-order valence-electron chi connectivity index (χ0n) is 11.9. The smallest absolute Gasteiger partial charge is 0.318 e. The van der Waals surface area contributed by atoms with E-state index in [1.807, 2.05) is 35.6 Å². The summed E-state index contributed by atoms with van der Waals surface area (Å²) in [6.45, 7) is -0.318. The van der Waals surface area contributed by atoms with Crippen LogP contribution in [0, 0.1) is 0 Å². The second-order valence-corrected chi connectivity index (χ2v) is 5.82. The van der Waals surface area contributed by atoms with E-state index in [4.69, 9.17) is 5.73 Å². The number of nitrogens with one attached hydrogen (secondary N) is 1. The van der Waals surface area contributed by atoms with E-state index in [9.17, 15) is 14.4 Å². The fourth-order valence-electron chi connectivity index (χ4n) is 2.15. The van der Waals surface area contributed by atoms with E-state index in [0.29, 0.717) is 10.2 Å². The first kappa shape index (κ1) is 14.9. The molecule has 2 heterocycles. The molecule has 0 aliphatic rings. The lowest BCUT2D eigenvalue weighted by atomic mass is 10.2. The average molecular weight is 328 g/mol. The highest BCUT2D eigenvalue weighted by atomic mass is 32.1. The van der Waals surface area contributed by atoms with Crippen molar-refractivity contribution in [2.45, 2.75) is 6.54 Å². The van der Waals surface area contributed by atoms with Crippen LogP contribution in [-0.2, 0) is 11.3 Å². The van der Waals surface area contributed by atoms with Crippen LogP contribution in [0.4, 0.5) is 4.79 Å². The summed E-state index contributed by atoms with van der Waals surface area (Å²) in [6.07, 6.45) is 1.29. The molecule has 1 aromatic carbocycles. The molecule has 0 saturated heterocycles. The lowest BCUT2D eigenvalue weighted by molar-refractivity contribution is -0.120. The molecule has 0 aliphatic heterocycles. The van der Waals surface area contributed by atoms with Crippen LogP contribution < -0.4 is 16.6 Å². The third-order valence-corrected chi connectivity index (χ3v) is 4.25. The fourth-order valence-corrected chi connectivity index (χ4v) is 3.14. The van der Waals surface area contributed by atoms with Crippen LogP contribution in [-0.4, -0.2) is 21.5 Å². The van der Waals surface area contributed by atoms with Gasteiger partial charge >= 0.3 is 6.03 Å². The topological polar surface area (TPSA) is 107 Å². The number of imide groups is 1. The number of aromatic nitrogens is 2. The average Bonchev–Trinajstić information content (AvgIpc) is 2.95. The van der Waals surface area contributed by atoms with Crippen molar-refractivity contribution in [3.8, 4) is 10.4 Å². The molecule has 0 saturated carbocycles. The summed E-state index contributed by atoms with van der Waals surface area (Å²) in [5.74, 6) is -0.667. The Morgan fingerprint density at radius 3 is 2.70 bits per heavy atom. The van der Waals surface area contributed by atoms with Crippen LogP contribution in [0.1, 0.15) is 0 Å². The van der Waals surface area contributed by atoms with Gasteiger partial charge in [-0.3, -0.25) is 19.5 Å². The minimum atomic E-state index is -0.959. The Balaban J connectivity index is 1.98. The highest BCUT2D eigenvalue weighted by Crippen LogP contribution is 2.30. The lowest BCUT2D eigenvalue weighted by Crippen LogP contribution is -2.39. The first-order valence-electron chi connectivity index (χ1n) is 6.68. The van der Waals surface area contributed by atoms with Gasteiger partial charge in [0.05, 0.1) is 11.7 Å². The standard InChI is InChI=1S/C15H12N4O3S/c16-15(22)18-12(20)7-19-8-17-13-10(14(19)21)6-11(23-13)9-4-2-1-3-5-9/h1-6,8H,7H2,(H3,16,18,20,22). The fraction of sp³-hybridized carbons (Fsp3) is 0.0667. The van der Waals surface area contributed by atoms with Gasteiger partial charge in [0.2, 0.25) is 5.91 Å². The van der Waals surface area contributed by atoms with Gasteiger partial charge in [-0.2, -0.15) is 0 Å². The van der Waals surface area contributed by atoms with Crippen molar-refractivity contribution < 1.29 is 9.59 Å². The maximum Gasteiger partial charge on any atom is 0.318 e. The third-order valence-electron chi connectivity index (χ3n) is 3.15. The van der Waals surface area contributed by atoms with Crippen LogP contribution in [0.5, 0.6) is 0 Å². The Labute approximate surface area is 134 Å². The molecule has 0 atom stereocenters. The maximum absolute atomic E-state index is 12.4. The third kappa shape index (κ3) is 3.11. The summed E-state index contributed by atoms with van der Waals surface area (Å²) >= 11 is 1.40. The number of primary amides is 1. The molecular weight excluding hydrogens is 316 g/mol. The van der Waals surface area contributed by atoms with Crippen molar-refractivity contribution in [1.29, 1.82) is 0 Å². The van der Waals surface area contributed by atoms with Gasteiger partial charge < -0.3 is 5.73 Å². The molecule has 2 aromatic heterocycles. The van der Waals surface area contributed by atoms with Crippen molar-refractivity contribution in [3.05, 3.63) is 53.1 Å². The molecule has 116 valence electrons. The van der Waals surface area contributed by atoms with Crippen molar-refractivity contribution in [2.75, 3.05) is 0 Å². The highest BCUT2D eigenvalue weighted by molar-refractivity contribution is 7.21. The van der Waals surface area contributed by atoms with Crippen LogP contribution in [0.3, 0.4) is 0 Å². The number of nitrogens with zero attached hydrogens (tertiary/aromatic N) is 2. The van der Waals surface area contributed by atoms with Crippen LogP contribution >= 0.6 is 11.3 Å². The first-order chi connectivity index (χ1) is 11.0. The number of carbonyl (C=O) groups is 2. The summed E-state index contributed by atoms with van der Waals surface area (Å²) in [4.78, 5) is 40.3. The predicted molar refractivity (Wildman–Crippen MR) is 87.0 cm³/mol. The second kappa shape index (κ2) is 6.01. The van der Waals surface area contributed by atoms with Crippen molar-refractivity contribution >= 4 is 33.5 Å². The van der Waals surface area contributed by atoms with E-state index in [1.165, 1.54) is 17.7 Å². The summed E-state index contributed by atoms with van der Waals surface area (Å²) < 4.78 is 1.14. The summed E-state index contributed by atoms with van der Waals surface area (Å²) in [5, 5.41) is 2.35. The van der Waals surface area contributed by atoms with E-state index < -0.39 is 11.9 Å². The zero-order chi connectivity index (χ0) is 16.4. The number of fused-ring (bicyclic) bond motifs is 1. The molecule has 3 aromatic rings. The van der Waals surface area contributed by atoms with Gasteiger partial charge in [-0.1, -0.05) is 30.3 Å². The summed E-state index contributed by atoms with van der Waals surface area (Å²) in [6, 6.07) is 10.4. The van der Waals surface area contributed by atoms with Gasteiger partial charge in [-0.05, 0) is 11.6 Å². The van der Waals surface area contributed by atoms with Gasteiger partial charge in [0, 0.05) is 4.88 Å². The molecule has 3 N–H and O–H groups in total. The van der Waals surface area contributed by atoms with Crippen molar-refractivity contribution in [3.63, 3.8) is 0 Å². The number of hydrogen-bond acceptors (Lipinski definition) is 5. The largest absolute Gasteiger partial charge is 0.351 e. The van der Waals surface area contributed by atoms with E-state index >= 15 is 0 Å². The maximum atomic E-state index is 12.4. The summed E-state index contributed by atoms with van der Waals surface area (Å²) in [7, 11) is 0. The van der Waals surface area contributed by atoms with Crippen molar-refractivity contribution in [2.24, 2.45) is 5.73 Å². The lowest BCUT2D eigenvalue weighted by Gasteiger charge is -2.03. The SMILES string of the molecule is NC(=O)NC(=O)Cn1cnc2sc(-c3ccccc3)cc2c1=O. The van der Waals surface area contributed by atoms with E-state index in [0.717, 1.165) is 15.0 Å². The number of nitrogens with two attached hydrogens (primary N) is 1. The number of amides is 3. The normalized spacial score (nSPS) is 10.6. The molecule has 0 fully saturated rings. The molecule has 23 heavy (non-hydrogen) atoms. The van der Waals surface area contributed by atoms with Gasteiger partial charge in [-0.25, -0.2) is 9.78 Å². The molecule has 0 spiro atoms. The number of thiophene rings is 1. The van der Waals surface area contributed by atoms with Gasteiger partial charge in [0.15, 0.2) is 0 Å². The molecule has 3 rings (SSSR count). The minimum Gasteiger partial charge on any atom is -0.351 e. The van der Waals surface area contributed by atoms with Gasteiger partial charge in [-0.15, -0.1) is 11.3 Å². The van der Waals surface area contributed by atoms with Crippen LogP contribution in [0.25, 0.3) is 20.7 Å². The van der Waals surface area contributed by atoms with Gasteiger partial charge in [0.25, 0.3) is 5.56 Å². The quantitative estimate of drug-likeness (QED) is 0.756. The van der Waals surface area contributed by atoms with E-state index in [2.05, 4.69) is 4.98 Å². The number of benzene rings is 1. The molecule has 8 heteroatoms. The second-order valence-electron chi connectivity index (χ2n) is 4.79. The number of carbonyl (C=O) groups excluding carboxylic acids is 2. The molecule has 0 radical (unpaired) electrons.